The minimum atomic E-state index is -1.75. The molecular weight excluding hydrogens is 279 g/mol. The molecule has 0 aliphatic heterocycles. The van der Waals surface area contributed by atoms with Crippen molar-refractivity contribution in [1.29, 1.82) is 0 Å². The van der Waals surface area contributed by atoms with Crippen LogP contribution in [0.25, 0.3) is 0 Å². The average molecular weight is 281 g/mol. The van der Waals surface area contributed by atoms with Gasteiger partial charge in [-0.15, -0.1) is 0 Å². The van der Waals surface area contributed by atoms with Gasteiger partial charge in [-0.25, -0.2) is 0 Å². The molecule has 2 N–H and O–H groups in total. The first-order valence-electron chi connectivity index (χ1n) is 0.548. The Balaban J connectivity index is -0.0000000450. The molecule has 0 unspecified atom stereocenters. The van der Waals surface area contributed by atoms with Crippen molar-refractivity contribution in [3.8, 4) is 0 Å². The third-order valence-electron chi connectivity index (χ3n) is 0. The van der Waals surface area contributed by atoms with Crippen molar-refractivity contribution in [2.45, 2.75) is 0 Å². The minimum Gasteiger partial charge on any atom is -0.412 e. The number of rotatable bonds is 0. The molecule has 0 aliphatic carbocycles. The fraction of sp³-hybridized carbons (Fsp3) is 0. The molecule has 6 heteroatoms. The molecule has 0 bridgehead atoms. The molecule has 0 spiro atoms. The summed E-state index contributed by atoms with van der Waals surface area (Å²) < 4.78 is 0. The van der Waals surface area contributed by atoms with Crippen LogP contribution >= 0.6 is 0 Å². The summed E-state index contributed by atoms with van der Waals surface area (Å²) in [4.78, 5) is 8.25. The quantitative estimate of drug-likeness (QED) is 0.321. The molecule has 0 aromatic rings. The van der Waals surface area contributed by atoms with Gasteiger partial charge in [0.25, 0.3) is 0 Å². The first-order chi connectivity index (χ1) is 1.73. The van der Waals surface area contributed by atoms with E-state index < -0.39 is 5.09 Å². The number of hydrogen-bond acceptors (Lipinski definition) is 3. The monoisotopic (exact) mass is 282 g/mol. The van der Waals surface area contributed by atoms with Crippen molar-refractivity contribution in [3.63, 3.8) is 0 Å². The van der Waals surface area contributed by atoms with Gasteiger partial charge in [-0.1, -0.05) is 0 Å². The molecule has 0 atom stereocenters. The fourth-order valence-electron chi connectivity index (χ4n) is 0. The zero-order valence-corrected chi connectivity index (χ0v) is 8.38. The number of hydrogen-bond donors (Lipinski definition) is 0. The van der Waals surface area contributed by atoms with Crippen molar-refractivity contribution in [2.24, 2.45) is 0 Å². The Bertz CT molecular complexity index is 30.5. The first-order valence-corrected chi connectivity index (χ1v) is 0.548. The van der Waals surface area contributed by atoms with Gasteiger partial charge in [-0.05, 0) is 0 Å². The average Bonchev–Trinajstić information content (AvgIpc) is 0.811. The van der Waals surface area contributed by atoms with Gasteiger partial charge in [0.15, 0.2) is 0 Å². The van der Waals surface area contributed by atoms with Crippen LogP contribution in [0, 0.1) is 15.3 Å². The summed E-state index contributed by atoms with van der Waals surface area (Å²) in [5, 5.41) is 14.8. The van der Waals surface area contributed by atoms with Crippen LogP contribution in [0.5, 0.6) is 0 Å². The molecule has 0 aromatic carbocycles. The second-order valence-corrected chi connectivity index (χ2v) is 0.224. The van der Waals surface area contributed by atoms with Crippen LogP contribution in [0.1, 0.15) is 0 Å². The van der Waals surface area contributed by atoms with Gasteiger partial charge in [-0.2, -0.15) is 0 Å². The van der Waals surface area contributed by atoms with E-state index in [1.165, 1.54) is 0 Å². The maximum absolute atomic E-state index is 8.25. The van der Waals surface area contributed by atoms with Crippen LogP contribution in [0.2, 0.25) is 0 Å². The Morgan fingerprint density at radius 1 is 1.33 bits per heavy atom. The van der Waals surface area contributed by atoms with Crippen molar-refractivity contribution in [1.82, 2.24) is 0 Å². The zero-order valence-electron chi connectivity index (χ0n) is 2.88. The van der Waals surface area contributed by atoms with Crippen LogP contribution in [-0.4, -0.2) is 10.6 Å². The number of nitrogens with zero attached hydrogens (tertiary/aromatic N) is 1. The van der Waals surface area contributed by atoms with Crippen LogP contribution in [-0.2, 0) is 27.7 Å². The van der Waals surface area contributed by atoms with E-state index >= 15 is 0 Å². The van der Waals surface area contributed by atoms with Crippen molar-refractivity contribution < 1.29 is 38.2 Å². The fourth-order valence-corrected chi connectivity index (χ4v) is 0. The Kier molecular flexibility index (Phi) is 24.6. The van der Waals surface area contributed by atoms with Crippen LogP contribution in [0.4, 0.5) is 0 Å². The van der Waals surface area contributed by atoms with E-state index in [0.717, 1.165) is 0 Å². The minimum absolute atomic E-state index is 0. The van der Waals surface area contributed by atoms with E-state index in [4.69, 9.17) is 15.3 Å². The third-order valence-corrected chi connectivity index (χ3v) is 0. The summed E-state index contributed by atoms with van der Waals surface area (Å²) in [6.07, 6.45) is 0. The topological polar surface area (TPSA) is 97.7 Å². The molecule has 6 heavy (non-hydrogen) atoms. The molecular formula is H2HgNO4-. The van der Waals surface area contributed by atoms with Crippen molar-refractivity contribution in [2.75, 3.05) is 0 Å². The van der Waals surface area contributed by atoms with E-state index in [-0.39, 0.29) is 33.1 Å². The second-order valence-electron chi connectivity index (χ2n) is 0.224. The molecule has 0 radical (unpaired) electrons. The van der Waals surface area contributed by atoms with E-state index in [0.29, 0.717) is 0 Å². The maximum Gasteiger partial charge on any atom is 0.0689 e. The Morgan fingerprint density at radius 3 is 1.33 bits per heavy atom. The summed E-state index contributed by atoms with van der Waals surface area (Å²) >= 11 is 0. The molecule has 0 heterocycles. The summed E-state index contributed by atoms with van der Waals surface area (Å²) in [6.45, 7) is 0. The Labute approximate surface area is 53.9 Å². The van der Waals surface area contributed by atoms with Crippen molar-refractivity contribution in [3.05, 3.63) is 15.3 Å². The van der Waals surface area contributed by atoms with E-state index in [1.807, 2.05) is 0 Å². The van der Waals surface area contributed by atoms with Gasteiger partial charge in [-0.3, -0.25) is 0 Å². The normalized spacial score (nSPS) is 4.00. The largest absolute Gasteiger partial charge is 0.412 e. The van der Waals surface area contributed by atoms with E-state index in [2.05, 4.69) is 0 Å². The third kappa shape index (κ3) is 4340. The Hall–Kier alpha value is 0.0951. The molecule has 5 nitrogen and oxygen atoms in total. The van der Waals surface area contributed by atoms with Crippen LogP contribution in [0.15, 0.2) is 0 Å². The van der Waals surface area contributed by atoms with Gasteiger partial charge in [0, 0.05) is 27.7 Å². The van der Waals surface area contributed by atoms with Gasteiger partial charge in [0.05, 0.1) is 5.09 Å². The summed E-state index contributed by atoms with van der Waals surface area (Å²) in [5.74, 6) is 0. The molecule has 0 fully saturated rings. The van der Waals surface area contributed by atoms with Crippen molar-refractivity contribution >= 4 is 0 Å². The molecule has 0 aromatic heterocycles. The summed E-state index contributed by atoms with van der Waals surface area (Å²) in [6, 6.07) is 0. The van der Waals surface area contributed by atoms with Crippen LogP contribution in [0.3, 0.4) is 0 Å². The van der Waals surface area contributed by atoms with Gasteiger partial charge < -0.3 is 20.8 Å². The molecule has 34 valence electrons. The van der Waals surface area contributed by atoms with E-state index in [1.54, 1.807) is 0 Å². The van der Waals surface area contributed by atoms with E-state index in [9.17, 15) is 0 Å². The molecule has 0 aliphatic rings. The summed E-state index contributed by atoms with van der Waals surface area (Å²) in [7, 11) is 0. The van der Waals surface area contributed by atoms with Gasteiger partial charge >= 0.3 is 0 Å². The Morgan fingerprint density at radius 2 is 1.33 bits per heavy atom. The predicted molar refractivity (Wildman–Crippen MR) is 14.0 cm³/mol. The summed E-state index contributed by atoms with van der Waals surface area (Å²) in [5.41, 5.74) is 0. The second kappa shape index (κ2) is 8.92. The first kappa shape index (κ1) is 16.5. The smallest absolute Gasteiger partial charge is 0.0689 e. The standard InChI is InChI=1S/Hg.NO3.H2O/c;2-1(3)4;/h;;1H2/q;-1;. The van der Waals surface area contributed by atoms with Gasteiger partial charge in [0.2, 0.25) is 0 Å². The molecule has 0 amide bonds. The zero-order chi connectivity index (χ0) is 3.58. The van der Waals surface area contributed by atoms with Crippen LogP contribution < -0.4 is 0 Å². The molecule has 0 rings (SSSR count). The predicted octanol–water partition coefficient (Wildman–Crippen LogP) is -1.07. The SMILES string of the molecule is O.O=[N+]([O-])[O-].[Hg]. The van der Waals surface area contributed by atoms with Gasteiger partial charge in [0.1, 0.15) is 0 Å². The molecule has 0 saturated heterocycles. The maximum atomic E-state index is 8.25. The molecule has 0 saturated carbocycles.